The van der Waals surface area contributed by atoms with Crippen molar-refractivity contribution in [2.75, 3.05) is 5.73 Å². The topological polar surface area (TPSA) is 86.5 Å². The van der Waals surface area contributed by atoms with Crippen molar-refractivity contribution < 1.29 is 19.1 Å². The van der Waals surface area contributed by atoms with E-state index >= 15 is 0 Å². The number of hydrogen-bond acceptors (Lipinski definition) is 6. The van der Waals surface area contributed by atoms with Gasteiger partial charge in [0.15, 0.2) is 11.6 Å². The van der Waals surface area contributed by atoms with Gasteiger partial charge in [0.25, 0.3) is 0 Å². The second-order valence-electron chi connectivity index (χ2n) is 12.7. The second kappa shape index (κ2) is 11.7. The third-order valence-electron chi connectivity index (χ3n) is 9.76. The third kappa shape index (κ3) is 5.42. The SMILES string of the molecule is Cc1ccc(CSc2cc(C(=O)OC3CCC4CC(C(C)C)CCC4C3)c(N)c3c2C(=O)c2ccccc2C3=O)cc1. The van der Waals surface area contributed by atoms with Crippen LogP contribution < -0.4 is 5.73 Å². The highest BCUT2D eigenvalue weighted by atomic mass is 32.2. The van der Waals surface area contributed by atoms with E-state index in [0.29, 0.717) is 39.5 Å². The quantitative estimate of drug-likeness (QED) is 0.141. The molecule has 0 heterocycles. The summed E-state index contributed by atoms with van der Waals surface area (Å²) >= 11 is 1.44. The number of rotatable bonds is 6. The lowest BCUT2D eigenvalue weighted by atomic mass is 9.65. The van der Waals surface area contributed by atoms with Gasteiger partial charge in [-0.2, -0.15) is 0 Å². The van der Waals surface area contributed by atoms with Crippen molar-refractivity contribution in [3.05, 3.63) is 93.5 Å². The van der Waals surface area contributed by atoms with Gasteiger partial charge in [-0.1, -0.05) is 67.9 Å². The summed E-state index contributed by atoms with van der Waals surface area (Å²) in [6, 6.07) is 16.7. The van der Waals surface area contributed by atoms with Crippen molar-refractivity contribution in [3.8, 4) is 0 Å². The number of esters is 1. The molecule has 4 atom stereocenters. The second-order valence-corrected chi connectivity index (χ2v) is 13.8. The van der Waals surface area contributed by atoms with E-state index in [0.717, 1.165) is 36.3 Å². The Morgan fingerprint density at radius 1 is 0.905 bits per heavy atom. The Morgan fingerprint density at radius 2 is 1.55 bits per heavy atom. The lowest BCUT2D eigenvalue weighted by Crippen LogP contribution is -2.36. The minimum Gasteiger partial charge on any atom is -0.459 e. The van der Waals surface area contributed by atoms with Crippen LogP contribution >= 0.6 is 11.8 Å². The summed E-state index contributed by atoms with van der Waals surface area (Å²) in [7, 11) is 0. The van der Waals surface area contributed by atoms with Crippen molar-refractivity contribution in [2.24, 2.45) is 23.7 Å². The smallest absolute Gasteiger partial charge is 0.340 e. The van der Waals surface area contributed by atoms with E-state index in [9.17, 15) is 14.4 Å². The highest BCUT2D eigenvalue weighted by Crippen LogP contribution is 2.46. The van der Waals surface area contributed by atoms with Crippen LogP contribution in [0.15, 0.2) is 59.5 Å². The van der Waals surface area contributed by atoms with E-state index in [4.69, 9.17) is 10.5 Å². The summed E-state index contributed by atoms with van der Waals surface area (Å²) in [5.74, 6) is 2.31. The van der Waals surface area contributed by atoms with Crippen LogP contribution in [0.1, 0.15) is 106 Å². The van der Waals surface area contributed by atoms with E-state index in [2.05, 4.69) is 26.0 Å². The maximum atomic E-state index is 13.7. The van der Waals surface area contributed by atoms with Crippen LogP contribution in [0, 0.1) is 30.6 Å². The van der Waals surface area contributed by atoms with Gasteiger partial charge in [-0.3, -0.25) is 9.59 Å². The average Bonchev–Trinajstić information content (AvgIpc) is 2.99. The van der Waals surface area contributed by atoms with Crippen LogP contribution in [0.2, 0.25) is 0 Å². The third-order valence-corrected chi connectivity index (χ3v) is 10.9. The number of anilines is 1. The number of benzene rings is 3. The molecule has 2 N–H and O–H groups in total. The van der Waals surface area contributed by atoms with Crippen LogP contribution in [-0.2, 0) is 10.5 Å². The Hall–Kier alpha value is -3.38. The van der Waals surface area contributed by atoms with Crippen molar-refractivity contribution in [1.29, 1.82) is 0 Å². The number of fused-ring (bicyclic) bond motifs is 3. The molecule has 0 bridgehead atoms. The first-order valence-electron chi connectivity index (χ1n) is 15.3. The molecule has 218 valence electrons. The molecule has 3 aromatic carbocycles. The molecule has 2 fully saturated rings. The summed E-state index contributed by atoms with van der Waals surface area (Å²) in [6.07, 6.45) is 6.36. The minimum atomic E-state index is -0.508. The molecule has 0 saturated heterocycles. The molecule has 42 heavy (non-hydrogen) atoms. The van der Waals surface area contributed by atoms with Gasteiger partial charge in [-0.15, -0.1) is 11.8 Å². The fraction of sp³-hybridized carbons (Fsp3) is 0.417. The molecule has 0 amide bonds. The molecule has 3 aliphatic carbocycles. The molecule has 3 aliphatic rings. The zero-order chi connectivity index (χ0) is 29.5. The largest absolute Gasteiger partial charge is 0.459 e. The maximum absolute atomic E-state index is 13.7. The summed E-state index contributed by atoms with van der Waals surface area (Å²) in [4.78, 5) is 41.8. The molecule has 4 unspecified atom stereocenters. The molecule has 6 rings (SSSR count). The molecule has 6 heteroatoms. The Kier molecular flexibility index (Phi) is 8.01. The number of ether oxygens (including phenoxy) is 1. The summed E-state index contributed by atoms with van der Waals surface area (Å²) in [5.41, 5.74) is 10.1. The number of hydrogen-bond donors (Lipinski definition) is 1. The molecule has 3 aromatic rings. The van der Waals surface area contributed by atoms with Crippen LogP contribution in [0.25, 0.3) is 0 Å². The Morgan fingerprint density at radius 3 is 2.24 bits per heavy atom. The van der Waals surface area contributed by atoms with E-state index in [1.54, 1.807) is 30.3 Å². The van der Waals surface area contributed by atoms with E-state index < -0.39 is 5.97 Å². The molecular weight excluding hydrogens is 542 g/mol. The number of nitrogens with two attached hydrogens (primary N) is 1. The van der Waals surface area contributed by atoms with Gasteiger partial charge in [0.05, 0.1) is 16.8 Å². The molecule has 0 radical (unpaired) electrons. The monoisotopic (exact) mass is 581 g/mol. The number of aryl methyl sites for hydroxylation is 1. The number of nitrogen functional groups attached to an aromatic ring is 1. The first kappa shape index (κ1) is 28.7. The average molecular weight is 582 g/mol. The van der Waals surface area contributed by atoms with Gasteiger partial charge in [0.2, 0.25) is 0 Å². The normalized spacial score (nSPS) is 23.2. The molecule has 2 saturated carbocycles. The lowest BCUT2D eigenvalue weighted by Gasteiger charge is -2.43. The van der Waals surface area contributed by atoms with E-state index in [-0.39, 0.29) is 40.0 Å². The molecule has 0 aromatic heterocycles. The van der Waals surface area contributed by atoms with Crippen molar-refractivity contribution in [3.63, 3.8) is 0 Å². The van der Waals surface area contributed by atoms with E-state index in [1.807, 2.05) is 19.1 Å². The molecular formula is C36H39NO4S. The fourth-order valence-electron chi connectivity index (χ4n) is 7.22. The van der Waals surface area contributed by atoms with Crippen LogP contribution in [0.5, 0.6) is 0 Å². The van der Waals surface area contributed by atoms with Gasteiger partial charge in [0, 0.05) is 27.3 Å². The van der Waals surface area contributed by atoms with Crippen molar-refractivity contribution >= 4 is 35.0 Å². The zero-order valence-electron chi connectivity index (χ0n) is 24.7. The van der Waals surface area contributed by atoms with Crippen molar-refractivity contribution in [2.45, 2.75) is 76.0 Å². The Labute approximate surface area is 252 Å². The van der Waals surface area contributed by atoms with Gasteiger partial charge in [-0.05, 0) is 80.8 Å². The fourth-order valence-corrected chi connectivity index (χ4v) is 8.28. The van der Waals surface area contributed by atoms with Gasteiger partial charge < -0.3 is 10.5 Å². The van der Waals surface area contributed by atoms with Gasteiger partial charge >= 0.3 is 5.97 Å². The predicted octanol–water partition coefficient (Wildman–Crippen LogP) is 8.04. The highest BCUT2D eigenvalue weighted by molar-refractivity contribution is 7.98. The number of carbonyl (C=O) groups excluding carboxylic acids is 3. The van der Waals surface area contributed by atoms with Crippen LogP contribution in [-0.4, -0.2) is 23.6 Å². The standard InChI is InChI=1S/C36H39NO4S/c1-20(2)23-12-13-25-17-26(15-14-24(25)16-23)41-36(40)29-18-30(42-19-22-10-8-21(3)9-11-22)31-32(33(29)37)35(39)28-7-5-4-6-27(28)34(31)38/h4-11,18,20,23-26H,12-17,19,37H2,1-3H3. The van der Waals surface area contributed by atoms with Crippen LogP contribution in [0.4, 0.5) is 5.69 Å². The summed E-state index contributed by atoms with van der Waals surface area (Å²) < 4.78 is 6.11. The first-order valence-corrected chi connectivity index (χ1v) is 16.2. The number of carbonyl (C=O) groups is 3. The highest BCUT2D eigenvalue weighted by Gasteiger charge is 2.39. The lowest BCUT2D eigenvalue weighted by molar-refractivity contribution is -0.00821. The first-order chi connectivity index (χ1) is 20.2. The van der Waals surface area contributed by atoms with Gasteiger partial charge in [-0.25, -0.2) is 4.79 Å². The number of ketones is 2. The summed E-state index contributed by atoms with van der Waals surface area (Å²) in [5, 5.41) is 0. The molecule has 5 nitrogen and oxygen atoms in total. The van der Waals surface area contributed by atoms with Crippen LogP contribution in [0.3, 0.4) is 0 Å². The maximum Gasteiger partial charge on any atom is 0.340 e. The van der Waals surface area contributed by atoms with Crippen molar-refractivity contribution in [1.82, 2.24) is 0 Å². The zero-order valence-corrected chi connectivity index (χ0v) is 25.5. The Bertz CT molecular complexity index is 1540. The van der Waals surface area contributed by atoms with Gasteiger partial charge in [0.1, 0.15) is 6.10 Å². The predicted molar refractivity (Wildman–Crippen MR) is 167 cm³/mol. The molecule has 0 spiro atoms. The minimum absolute atomic E-state index is 0.0358. The molecule has 0 aliphatic heterocycles. The Balaban J connectivity index is 1.29. The summed E-state index contributed by atoms with van der Waals surface area (Å²) in [6.45, 7) is 6.69. The van der Waals surface area contributed by atoms with E-state index in [1.165, 1.54) is 31.0 Å². The number of thioether (sulfide) groups is 1.